The fourth-order valence-electron chi connectivity index (χ4n) is 3.19. The average molecular weight is 377 g/mol. The average Bonchev–Trinajstić information content (AvgIpc) is 3.07. The Morgan fingerprint density at radius 2 is 1.89 bits per heavy atom. The third-order valence-corrected chi connectivity index (χ3v) is 4.88. The fourth-order valence-corrected chi connectivity index (χ4v) is 3.19. The molecule has 0 aliphatic carbocycles. The van der Waals surface area contributed by atoms with Gasteiger partial charge in [-0.2, -0.15) is 0 Å². The van der Waals surface area contributed by atoms with Crippen LogP contribution >= 0.6 is 0 Å². The van der Waals surface area contributed by atoms with E-state index in [0.717, 1.165) is 0 Å². The summed E-state index contributed by atoms with van der Waals surface area (Å²) in [5, 5.41) is 10.5. The molecule has 1 fully saturated rings. The van der Waals surface area contributed by atoms with Gasteiger partial charge in [0.1, 0.15) is 23.4 Å². The van der Waals surface area contributed by atoms with Crippen molar-refractivity contribution in [2.24, 2.45) is 11.8 Å². The first-order valence-electron chi connectivity index (χ1n) is 8.80. The minimum Gasteiger partial charge on any atom is -0.463 e. The largest absolute Gasteiger partial charge is 0.463 e. The maximum Gasteiger partial charge on any atom is 0.302 e. The number of amides is 1. The lowest BCUT2D eigenvalue weighted by Crippen LogP contribution is -2.59. The van der Waals surface area contributed by atoms with Crippen LogP contribution in [-0.4, -0.2) is 47.2 Å². The summed E-state index contributed by atoms with van der Waals surface area (Å²) in [4.78, 5) is 22.8. The number of carbonyl (C=O) groups excluding carboxylic acids is 2. The van der Waals surface area contributed by atoms with Crippen LogP contribution in [0.1, 0.15) is 27.7 Å². The van der Waals surface area contributed by atoms with Crippen molar-refractivity contribution < 1.29 is 28.4 Å². The van der Waals surface area contributed by atoms with Crippen molar-refractivity contribution in [2.75, 3.05) is 6.61 Å². The van der Waals surface area contributed by atoms with E-state index in [0.29, 0.717) is 16.8 Å². The Labute approximate surface area is 156 Å². The van der Waals surface area contributed by atoms with Crippen LogP contribution in [0.25, 0.3) is 11.0 Å². The number of nitrogens with one attached hydrogen (secondary N) is 1. The maximum atomic E-state index is 11.7. The quantitative estimate of drug-likeness (QED) is 0.783. The second-order valence-electron chi connectivity index (χ2n) is 6.82. The number of hydrogen-bond donors (Lipinski definition) is 1. The van der Waals surface area contributed by atoms with Crippen molar-refractivity contribution in [3.8, 4) is 5.75 Å². The van der Waals surface area contributed by atoms with Gasteiger partial charge in [0.25, 0.3) is 0 Å². The Balaban J connectivity index is 1.81. The maximum absolute atomic E-state index is 11.7. The third-order valence-electron chi connectivity index (χ3n) is 4.88. The first-order valence-corrected chi connectivity index (χ1v) is 8.80. The minimum absolute atomic E-state index is 0.0330. The molecule has 2 heterocycles. The number of rotatable bonds is 5. The van der Waals surface area contributed by atoms with Crippen LogP contribution < -0.4 is 10.1 Å². The zero-order chi connectivity index (χ0) is 19.6. The molecule has 9 heteroatoms. The Hall–Kier alpha value is -2.68. The number of aromatic nitrogens is 2. The molecule has 0 spiro atoms. The van der Waals surface area contributed by atoms with Crippen LogP contribution in [0.3, 0.4) is 0 Å². The highest BCUT2D eigenvalue weighted by Crippen LogP contribution is 2.33. The summed E-state index contributed by atoms with van der Waals surface area (Å²) in [6.45, 7) is 6.94. The fraction of sp³-hybridized carbons (Fsp3) is 0.556. The topological polar surface area (TPSA) is 113 Å². The van der Waals surface area contributed by atoms with Gasteiger partial charge in [-0.05, 0) is 34.3 Å². The Kier molecular flexibility index (Phi) is 5.59. The van der Waals surface area contributed by atoms with Gasteiger partial charge < -0.3 is 19.5 Å². The molecule has 1 amide bonds. The molecule has 0 bridgehead atoms. The number of benzene rings is 1. The molecule has 5 atom stereocenters. The van der Waals surface area contributed by atoms with Gasteiger partial charge >= 0.3 is 5.97 Å². The van der Waals surface area contributed by atoms with Crippen LogP contribution in [0.2, 0.25) is 0 Å². The first kappa shape index (κ1) is 19.1. The van der Waals surface area contributed by atoms with E-state index in [-0.39, 0.29) is 42.5 Å². The smallest absolute Gasteiger partial charge is 0.302 e. The van der Waals surface area contributed by atoms with Crippen LogP contribution in [0.15, 0.2) is 22.8 Å². The van der Waals surface area contributed by atoms with Gasteiger partial charge in [0.15, 0.2) is 0 Å². The van der Waals surface area contributed by atoms with Crippen LogP contribution in [0.4, 0.5) is 0 Å². The van der Waals surface area contributed by atoms with Gasteiger partial charge in [-0.25, -0.2) is 4.63 Å². The van der Waals surface area contributed by atoms with E-state index in [1.807, 2.05) is 13.8 Å². The van der Waals surface area contributed by atoms with E-state index < -0.39 is 6.29 Å². The number of nitrogens with zero attached hydrogens (tertiary/aromatic N) is 2. The van der Waals surface area contributed by atoms with Gasteiger partial charge in [0, 0.05) is 19.9 Å². The lowest BCUT2D eigenvalue weighted by atomic mass is 9.82. The molecule has 0 radical (unpaired) electrons. The van der Waals surface area contributed by atoms with Crippen molar-refractivity contribution in [3.63, 3.8) is 0 Å². The van der Waals surface area contributed by atoms with Gasteiger partial charge in [0.05, 0.1) is 12.1 Å². The molecule has 1 aliphatic heterocycles. The van der Waals surface area contributed by atoms with Crippen molar-refractivity contribution >= 4 is 22.9 Å². The summed E-state index contributed by atoms with van der Waals surface area (Å²) in [5.74, 6) is 0.0372. The molecule has 1 N–H and O–H groups in total. The number of fused-ring (bicyclic) bond motifs is 1. The Bertz CT molecular complexity index is 820. The second kappa shape index (κ2) is 7.91. The van der Waals surface area contributed by atoms with Crippen molar-refractivity contribution in [2.45, 2.75) is 46.1 Å². The molecule has 1 aromatic heterocycles. The number of carbonyl (C=O) groups is 2. The monoisotopic (exact) mass is 377 g/mol. The van der Waals surface area contributed by atoms with E-state index in [2.05, 4.69) is 15.6 Å². The third kappa shape index (κ3) is 4.36. The molecule has 3 rings (SSSR count). The van der Waals surface area contributed by atoms with E-state index >= 15 is 0 Å². The number of ether oxygens (including phenoxy) is 3. The van der Waals surface area contributed by atoms with Crippen molar-refractivity contribution in [1.29, 1.82) is 0 Å². The predicted octanol–water partition coefficient (Wildman–Crippen LogP) is 1.67. The van der Waals surface area contributed by atoms with Crippen molar-refractivity contribution in [1.82, 2.24) is 15.6 Å². The van der Waals surface area contributed by atoms with Gasteiger partial charge in [-0.3, -0.25) is 9.59 Å². The van der Waals surface area contributed by atoms with Crippen LogP contribution in [-0.2, 0) is 19.1 Å². The van der Waals surface area contributed by atoms with E-state index in [1.165, 1.54) is 13.8 Å². The summed E-state index contributed by atoms with van der Waals surface area (Å²) in [6, 6.07) is 4.77. The molecular weight excluding hydrogens is 354 g/mol. The van der Waals surface area contributed by atoms with Crippen LogP contribution in [0.5, 0.6) is 5.75 Å². The lowest BCUT2D eigenvalue weighted by Gasteiger charge is -2.44. The number of hydrogen-bond acceptors (Lipinski definition) is 8. The summed E-state index contributed by atoms with van der Waals surface area (Å²) < 4.78 is 21.9. The molecule has 9 nitrogen and oxygen atoms in total. The van der Waals surface area contributed by atoms with E-state index in [1.54, 1.807) is 18.2 Å². The summed E-state index contributed by atoms with van der Waals surface area (Å²) >= 11 is 0. The second-order valence-corrected chi connectivity index (χ2v) is 6.82. The van der Waals surface area contributed by atoms with Crippen molar-refractivity contribution in [3.05, 3.63) is 18.2 Å². The summed E-state index contributed by atoms with van der Waals surface area (Å²) in [5.41, 5.74) is 1.16. The van der Waals surface area contributed by atoms with Crippen LogP contribution in [0, 0.1) is 11.8 Å². The highest BCUT2D eigenvalue weighted by atomic mass is 16.7. The zero-order valence-electron chi connectivity index (χ0n) is 15.7. The summed E-state index contributed by atoms with van der Waals surface area (Å²) in [6.07, 6.45) is -1.10. The lowest BCUT2D eigenvalue weighted by molar-refractivity contribution is -0.212. The van der Waals surface area contributed by atoms with E-state index in [9.17, 15) is 9.59 Å². The highest BCUT2D eigenvalue weighted by Gasteiger charge is 2.43. The minimum atomic E-state index is -0.752. The van der Waals surface area contributed by atoms with Gasteiger partial charge in [-0.15, -0.1) is 0 Å². The number of esters is 1. The Morgan fingerprint density at radius 3 is 2.59 bits per heavy atom. The Morgan fingerprint density at radius 1 is 1.15 bits per heavy atom. The highest BCUT2D eigenvalue weighted by molar-refractivity contribution is 5.74. The van der Waals surface area contributed by atoms with Gasteiger partial charge in [-0.1, -0.05) is 13.8 Å². The molecular formula is C18H23N3O6. The molecule has 0 saturated carbocycles. The summed E-state index contributed by atoms with van der Waals surface area (Å²) in [7, 11) is 0. The van der Waals surface area contributed by atoms with Gasteiger partial charge in [0.2, 0.25) is 12.2 Å². The first-order chi connectivity index (χ1) is 12.8. The standard InChI is InChI=1S/C18H23N3O6/c1-9-10(2)17(19-11(3)22)18(26-16(9)8-24-12(4)23)25-13-5-6-14-15(7-13)21-27-20-14/h5-7,9-10,16-18H,8H2,1-4H3,(H,19,22)/t9?,10?,16?,17-,18?/m0/s1. The molecule has 1 aliphatic rings. The molecule has 27 heavy (non-hydrogen) atoms. The predicted molar refractivity (Wildman–Crippen MR) is 93.7 cm³/mol. The normalized spacial score (nSPS) is 27.9. The molecule has 2 aromatic rings. The molecule has 1 aromatic carbocycles. The zero-order valence-corrected chi connectivity index (χ0v) is 15.7. The van der Waals surface area contributed by atoms with E-state index in [4.69, 9.17) is 18.8 Å². The SMILES string of the molecule is CC(=O)N[C@@H]1C(Oc2ccc3nonc3c2)OC(COC(C)=O)C(C)C1C. The molecule has 146 valence electrons. The molecule has 4 unspecified atom stereocenters. The molecule has 1 saturated heterocycles.